The number of hydrogen-bond acceptors (Lipinski definition) is 4. The van der Waals surface area contributed by atoms with E-state index in [-0.39, 0.29) is 12.5 Å². The van der Waals surface area contributed by atoms with Gasteiger partial charge in [-0.2, -0.15) is 0 Å². The summed E-state index contributed by atoms with van der Waals surface area (Å²) in [5, 5.41) is 6.27. The SMILES string of the molecule is O=C(COc1ccccc1Cc1ccccc1)NCCN1CCNCC1. The first kappa shape index (κ1) is 18.4. The van der Waals surface area contributed by atoms with Crippen molar-refractivity contribution in [2.24, 2.45) is 0 Å². The molecular weight excluding hydrogens is 326 g/mol. The summed E-state index contributed by atoms with van der Waals surface area (Å²) in [5.41, 5.74) is 2.32. The van der Waals surface area contributed by atoms with E-state index in [9.17, 15) is 4.79 Å². The second kappa shape index (κ2) is 9.94. The van der Waals surface area contributed by atoms with Crippen molar-refractivity contribution < 1.29 is 9.53 Å². The van der Waals surface area contributed by atoms with Gasteiger partial charge in [-0.25, -0.2) is 0 Å². The van der Waals surface area contributed by atoms with Crippen molar-refractivity contribution in [1.29, 1.82) is 0 Å². The Morgan fingerprint density at radius 1 is 1.04 bits per heavy atom. The molecule has 1 fully saturated rings. The molecule has 26 heavy (non-hydrogen) atoms. The molecule has 1 heterocycles. The minimum absolute atomic E-state index is 0.0490. The second-order valence-electron chi connectivity index (χ2n) is 6.50. The Kier molecular flexibility index (Phi) is 7.05. The summed E-state index contributed by atoms with van der Waals surface area (Å²) < 4.78 is 5.78. The number of carbonyl (C=O) groups excluding carboxylic acids is 1. The maximum absolute atomic E-state index is 12.1. The molecule has 0 radical (unpaired) electrons. The van der Waals surface area contributed by atoms with Crippen LogP contribution in [0.2, 0.25) is 0 Å². The zero-order valence-electron chi connectivity index (χ0n) is 15.1. The fourth-order valence-corrected chi connectivity index (χ4v) is 3.09. The lowest BCUT2D eigenvalue weighted by Crippen LogP contribution is -2.46. The van der Waals surface area contributed by atoms with Crippen molar-refractivity contribution in [1.82, 2.24) is 15.5 Å². The summed E-state index contributed by atoms with van der Waals surface area (Å²) in [4.78, 5) is 14.4. The molecule has 3 rings (SSSR count). The van der Waals surface area contributed by atoms with Gasteiger partial charge in [-0.3, -0.25) is 9.69 Å². The van der Waals surface area contributed by atoms with Crippen LogP contribution in [0.5, 0.6) is 5.75 Å². The number of amides is 1. The normalized spacial score (nSPS) is 14.8. The first-order chi connectivity index (χ1) is 12.8. The predicted molar refractivity (Wildman–Crippen MR) is 104 cm³/mol. The number of rotatable bonds is 8. The van der Waals surface area contributed by atoms with Gasteiger partial charge in [-0.15, -0.1) is 0 Å². The molecule has 2 N–H and O–H groups in total. The zero-order valence-corrected chi connectivity index (χ0v) is 15.1. The third-order valence-electron chi connectivity index (χ3n) is 4.53. The fourth-order valence-electron chi connectivity index (χ4n) is 3.09. The zero-order chi connectivity index (χ0) is 18.0. The summed E-state index contributed by atoms with van der Waals surface area (Å²) in [6.07, 6.45) is 0.793. The van der Waals surface area contributed by atoms with Gasteiger partial charge in [0.15, 0.2) is 6.61 Å². The highest BCUT2D eigenvalue weighted by atomic mass is 16.5. The molecule has 1 aliphatic heterocycles. The van der Waals surface area contributed by atoms with Crippen LogP contribution in [-0.4, -0.2) is 56.7 Å². The van der Waals surface area contributed by atoms with Crippen LogP contribution in [0.1, 0.15) is 11.1 Å². The van der Waals surface area contributed by atoms with Crippen molar-refractivity contribution in [2.45, 2.75) is 6.42 Å². The van der Waals surface area contributed by atoms with Crippen LogP contribution in [-0.2, 0) is 11.2 Å². The van der Waals surface area contributed by atoms with E-state index in [1.54, 1.807) is 0 Å². The molecule has 0 unspecified atom stereocenters. The van der Waals surface area contributed by atoms with Gasteiger partial charge >= 0.3 is 0 Å². The van der Waals surface area contributed by atoms with Gasteiger partial charge in [0.05, 0.1) is 0 Å². The van der Waals surface area contributed by atoms with Gasteiger partial charge in [0.1, 0.15) is 5.75 Å². The van der Waals surface area contributed by atoms with Crippen LogP contribution in [0.4, 0.5) is 0 Å². The molecule has 138 valence electrons. The summed E-state index contributed by atoms with van der Waals surface area (Å²) in [5.74, 6) is 0.697. The van der Waals surface area contributed by atoms with E-state index in [1.165, 1.54) is 5.56 Å². The monoisotopic (exact) mass is 353 g/mol. The highest BCUT2D eigenvalue weighted by Gasteiger charge is 2.10. The Morgan fingerprint density at radius 3 is 2.58 bits per heavy atom. The lowest BCUT2D eigenvalue weighted by Gasteiger charge is -2.27. The summed E-state index contributed by atoms with van der Waals surface area (Å²) in [6.45, 7) is 5.72. The molecule has 2 aromatic rings. The van der Waals surface area contributed by atoms with Crippen molar-refractivity contribution >= 4 is 5.91 Å². The van der Waals surface area contributed by atoms with Crippen molar-refractivity contribution in [2.75, 3.05) is 45.9 Å². The van der Waals surface area contributed by atoms with Crippen LogP contribution in [0, 0.1) is 0 Å². The Labute approximate surface area is 155 Å². The first-order valence-electron chi connectivity index (χ1n) is 9.25. The lowest BCUT2D eigenvalue weighted by molar-refractivity contribution is -0.123. The van der Waals surface area contributed by atoms with E-state index in [1.807, 2.05) is 42.5 Å². The Hall–Kier alpha value is -2.37. The highest BCUT2D eigenvalue weighted by molar-refractivity contribution is 5.77. The average molecular weight is 353 g/mol. The van der Waals surface area contributed by atoms with Gasteiger partial charge in [-0.05, 0) is 17.2 Å². The number of hydrogen-bond donors (Lipinski definition) is 2. The van der Waals surface area contributed by atoms with Gasteiger partial charge in [0, 0.05) is 45.7 Å². The molecule has 0 bridgehead atoms. The molecule has 5 heteroatoms. The molecule has 0 saturated carbocycles. The van der Waals surface area contributed by atoms with Crippen LogP contribution in [0.25, 0.3) is 0 Å². The molecule has 0 atom stereocenters. The van der Waals surface area contributed by atoms with Crippen LogP contribution >= 0.6 is 0 Å². The number of piperazine rings is 1. The molecule has 5 nitrogen and oxygen atoms in total. The fraction of sp³-hybridized carbons (Fsp3) is 0.381. The average Bonchev–Trinajstić information content (AvgIpc) is 2.69. The molecule has 1 amide bonds. The van der Waals surface area contributed by atoms with Crippen LogP contribution in [0.3, 0.4) is 0 Å². The van der Waals surface area contributed by atoms with Gasteiger partial charge in [0.25, 0.3) is 5.91 Å². The third-order valence-corrected chi connectivity index (χ3v) is 4.53. The van der Waals surface area contributed by atoms with Crippen molar-refractivity contribution in [3.8, 4) is 5.75 Å². The number of nitrogens with one attached hydrogen (secondary N) is 2. The number of carbonyl (C=O) groups is 1. The maximum atomic E-state index is 12.1. The quantitative estimate of drug-likeness (QED) is 0.758. The second-order valence-corrected chi connectivity index (χ2v) is 6.50. The molecule has 0 aliphatic carbocycles. The molecule has 2 aromatic carbocycles. The molecule has 1 saturated heterocycles. The minimum Gasteiger partial charge on any atom is -0.483 e. The molecule has 0 spiro atoms. The number of para-hydroxylation sites is 1. The Bertz CT molecular complexity index is 685. The highest BCUT2D eigenvalue weighted by Crippen LogP contribution is 2.21. The lowest BCUT2D eigenvalue weighted by atomic mass is 10.0. The Morgan fingerprint density at radius 2 is 1.77 bits per heavy atom. The molecule has 0 aromatic heterocycles. The summed E-state index contributed by atoms with van der Waals surface area (Å²) in [6, 6.07) is 18.2. The molecular formula is C21H27N3O2. The summed E-state index contributed by atoms with van der Waals surface area (Å²) >= 11 is 0. The first-order valence-corrected chi connectivity index (χ1v) is 9.25. The predicted octanol–water partition coefficient (Wildman–Crippen LogP) is 1.68. The largest absolute Gasteiger partial charge is 0.483 e. The maximum Gasteiger partial charge on any atom is 0.257 e. The van der Waals surface area contributed by atoms with Gasteiger partial charge in [-0.1, -0.05) is 48.5 Å². The smallest absolute Gasteiger partial charge is 0.257 e. The van der Waals surface area contributed by atoms with E-state index in [4.69, 9.17) is 4.74 Å². The third kappa shape index (κ3) is 5.86. The van der Waals surface area contributed by atoms with Crippen LogP contribution < -0.4 is 15.4 Å². The molecule has 1 aliphatic rings. The number of nitrogens with zero attached hydrogens (tertiary/aromatic N) is 1. The van der Waals surface area contributed by atoms with E-state index in [2.05, 4.69) is 27.7 Å². The van der Waals surface area contributed by atoms with Gasteiger partial charge in [0.2, 0.25) is 0 Å². The topological polar surface area (TPSA) is 53.6 Å². The van der Waals surface area contributed by atoms with Gasteiger partial charge < -0.3 is 15.4 Å². The summed E-state index contributed by atoms with van der Waals surface area (Å²) in [7, 11) is 0. The number of ether oxygens (including phenoxy) is 1. The van der Waals surface area contributed by atoms with E-state index < -0.39 is 0 Å². The number of benzene rings is 2. The van der Waals surface area contributed by atoms with Crippen molar-refractivity contribution in [3.63, 3.8) is 0 Å². The standard InChI is InChI=1S/C21H27N3O2/c25-21(23-12-15-24-13-10-22-11-14-24)17-26-20-9-5-4-8-19(20)16-18-6-2-1-3-7-18/h1-9,22H,10-17H2,(H,23,25). The Balaban J connectivity index is 1.44. The van der Waals surface area contributed by atoms with E-state index in [0.29, 0.717) is 6.54 Å². The van der Waals surface area contributed by atoms with E-state index >= 15 is 0 Å². The van der Waals surface area contributed by atoms with Crippen LogP contribution in [0.15, 0.2) is 54.6 Å². The minimum atomic E-state index is -0.0744. The van der Waals surface area contributed by atoms with Crippen molar-refractivity contribution in [3.05, 3.63) is 65.7 Å². The van der Waals surface area contributed by atoms with E-state index in [0.717, 1.165) is 50.5 Å².